The van der Waals surface area contributed by atoms with Crippen molar-refractivity contribution < 1.29 is 14.3 Å². The highest BCUT2D eigenvalue weighted by molar-refractivity contribution is 7.09. The van der Waals surface area contributed by atoms with Crippen LogP contribution in [0.4, 0.5) is 0 Å². The van der Waals surface area contributed by atoms with Gasteiger partial charge in [0.15, 0.2) is 5.76 Å². The lowest BCUT2D eigenvalue weighted by atomic mass is 10.3. The molecule has 0 fully saturated rings. The summed E-state index contributed by atoms with van der Waals surface area (Å²) in [5, 5.41) is 14.7. The summed E-state index contributed by atoms with van der Waals surface area (Å²) in [6, 6.07) is 3.74. The second-order valence-corrected chi connectivity index (χ2v) is 5.04. The predicted molar refractivity (Wildman–Crippen MR) is 73.3 cm³/mol. The average Bonchev–Trinajstić information content (AvgIpc) is 3.03. The Balaban J connectivity index is 1.68. The number of carboxylic acids is 1. The Hall–Kier alpha value is -1.66. The number of carboxylic acid groups (broad SMARTS) is 1. The maximum Gasteiger partial charge on any atom is 0.303 e. The molecule has 2 aromatic rings. The maximum atomic E-state index is 10.3. The summed E-state index contributed by atoms with van der Waals surface area (Å²) in [6.07, 6.45) is 3.36. The van der Waals surface area contributed by atoms with Crippen LogP contribution in [-0.4, -0.2) is 29.1 Å². The van der Waals surface area contributed by atoms with Gasteiger partial charge in [0.05, 0.1) is 11.3 Å². The Morgan fingerprint density at radius 1 is 1.47 bits per heavy atom. The lowest BCUT2D eigenvalue weighted by Gasteiger charge is -2.01. The van der Waals surface area contributed by atoms with Crippen molar-refractivity contribution in [2.75, 3.05) is 13.1 Å². The van der Waals surface area contributed by atoms with Crippen LogP contribution < -0.4 is 5.32 Å². The van der Waals surface area contributed by atoms with Crippen molar-refractivity contribution in [1.82, 2.24) is 10.3 Å². The molecule has 19 heavy (non-hydrogen) atoms. The molecule has 0 unspecified atom stereocenters. The predicted octanol–water partition coefficient (Wildman–Crippen LogP) is 2.40. The van der Waals surface area contributed by atoms with Crippen LogP contribution in [0, 0.1) is 0 Å². The van der Waals surface area contributed by atoms with Crippen LogP contribution in [-0.2, 0) is 11.2 Å². The molecule has 0 aliphatic carbocycles. The Labute approximate surface area is 115 Å². The highest BCUT2D eigenvalue weighted by atomic mass is 32.1. The molecule has 6 heteroatoms. The van der Waals surface area contributed by atoms with Gasteiger partial charge in [0.1, 0.15) is 5.69 Å². The van der Waals surface area contributed by atoms with Crippen LogP contribution in [0.1, 0.15) is 17.8 Å². The molecule has 0 bridgehead atoms. The first kappa shape index (κ1) is 13.8. The van der Waals surface area contributed by atoms with E-state index in [1.807, 2.05) is 17.5 Å². The van der Waals surface area contributed by atoms with E-state index >= 15 is 0 Å². The molecule has 0 atom stereocenters. The van der Waals surface area contributed by atoms with Gasteiger partial charge in [-0.25, -0.2) is 4.98 Å². The van der Waals surface area contributed by atoms with E-state index in [0.717, 1.165) is 36.0 Å². The summed E-state index contributed by atoms with van der Waals surface area (Å²) >= 11 is 1.61. The molecule has 0 aliphatic heterocycles. The van der Waals surface area contributed by atoms with E-state index in [-0.39, 0.29) is 6.42 Å². The number of furan rings is 1. The summed E-state index contributed by atoms with van der Waals surface area (Å²) in [5.74, 6) is 0.0433. The van der Waals surface area contributed by atoms with Crippen LogP contribution in [0.5, 0.6) is 0 Å². The lowest BCUT2D eigenvalue weighted by Crippen LogP contribution is -2.19. The zero-order valence-electron chi connectivity index (χ0n) is 10.5. The fourth-order valence-corrected chi connectivity index (χ4v) is 2.44. The average molecular weight is 280 g/mol. The number of thiazole rings is 1. The molecule has 0 spiro atoms. The van der Waals surface area contributed by atoms with Gasteiger partial charge in [-0.3, -0.25) is 4.79 Å². The standard InChI is InChI=1S/C13H16N2O3S/c16-13(17)4-1-6-14-7-5-12-15-10(9-19-12)11-3-2-8-18-11/h2-3,8-9,14H,1,4-7H2,(H,16,17). The Bertz CT molecular complexity index is 508. The molecule has 0 saturated heterocycles. The van der Waals surface area contributed by atoms with Gasteiger partial charge in [-0.1, -0.05) is 0 Å². The molecule has 102 valence electrons. The Kier molecular flexibility index (Phi) is 5.11. The van der Waals surface area contributed by atoms with E-state index < -0.39 is 5.97 Å². The van der Waals surface area contributed by atoms with Crippen LogP contribution >= 0.6 is 11.3 Å². The molecule has 2 aromatic heterocycles. The minimum absolute atomic E-state index is 0.215. The number of aromatic nitrogens is 1. The number of aliphatic carboxylic acids is 1. The molecule has 2 heterocycles. The van der Waals surface area contributed by atoms with E-state index in [1.54, 1.807) is 17.6 Å². The lowest BCUT2D eigenvalue weighted by molar-refractivity contribution is -0.137. The normalized spacial score (nSPS) is 10.7. The Morgan fingerprint density at radius 2 is 2.37 bits per heavy atom. The van der Waals surface area contributed by atoms with Gasteiger partial charge < -0.3 is 14.8 Å². The van der Waals surface area contributed by atoms with Gasteiger partial charge in [0.25, 0.3) is 0 Å². The van der Waals surface area contributed by atoms with E-state index in [9.17, 15) is 4.79 Å². The van der Waals surface area contributed by atoms with Crippen LogP contribution in [0.25, 0.3) is 11.5 Å². The first-order valence-corrected chi connectivity index (χ1v) is 7.04. The Morgan fingerprint density at radius 3 is 3.11 bits per heavy atom. The molecule has 0 radical (unpaired) electrons. The summed E-state index contributed by atoms with van der Waals surface area (Å²) in [4.78, 5) is 14.8. The van der Waals surface area contributed by atoms with Crippen molar-refractivity contribution in [3.63, 3.8) is 0 Å². The van der Waals surface area contributed by atoms with Gasteiger partial charge in [-0.2, -0.15) is 0 Å². The van der Waals surface area contributed by atoms with Gasteiger partial charge in [0, 0.05) is 24.8 Å². The second-order valence-electron chi connectivity index (χ2n) is 4.10. The number of carbonyl (C=O) groups is 1. The third-order valence-electron chi connectivity index (χ3n) is 2.59. The fraction of sp³-hybridized carbons (Fsp3) is 0.385. The smallest absolute Gasteiger partial charge is 0.303 e. The summed E-state index contributed by atoms with van der Waals surface area (Å²) in [6.45, 7) is 1.54. The number of nitrogens with one attached hydrogen (secondary N) is 1. The third-order valence-corrected chi connectivity index (χ3v) is 3.49. The van der Waals surface area contributed by atoms with Crippen molar-refractivity contribution in [2.45, 2.75) is 19.3 Å². The summed E-state index contributed by atoms with van der Waals surface area (Å²) in [7, 11) is 0. The molecule has 2 rings (SSSR count). The molecule has 2 N–H and O–H groups in total. The van der Waals surface area contributed by atoms with Gasteiger partial charge in [-0.05, 0) is 25.1 Å². The molecular formula is C13H16N2O3S. The number of hydrogen-bond acceptors (Lipinski definition) is 5. The molecule has 0 aromatic carbocycles. The molecule has 0 saturated carbocycles. The minimum atomic E-state index is -0.746. The van der Waals surface area contributed by atoms with Crippen LogP contribution in [0.2, 0.25) is 0 Å². The largest absolute Gasteiger partial charge is 0.481 e. The van der Waals surface area contributed by atoms with Crippen molar-refractivity contribution in [2.24, 2.45) is 0 Å². The highest BCUT2D eigenvalue weighted by Gasteiger charge is 2.06. The van der Waals surface area contributed by atoms with E-state index in [0.29, 0.717) is 6.42 Å². The maximum absolute atomic E-state index is 10.3. The van der Waals surface area contributed by atoms with E-state index in [4.69, 9.17) is 9.52 Å². The SMILES string of the molecule is O=C(O)CCCNCCc1nc(-c2ccco2)cs1. The van der Waals surface area contributed by atoms with E-state index in [2.05, 4.69) is 10.3 Å². The van der Waals surface area contributed by atoms with Crippen molar-refractivity contribution in [1.29, 1.82) is 0 Å². The monoisotopic (exact) mass is 280 g/mol. The first-order valence-electron chi connectivity index (χ1n) is 6.16. The van der Waals surface area contributed by atoms with Crippen molar-refractivity contribution in [3.05, 3.63) is 28.8 Å². The number of nitrogens with zero attached hydrogens (tertiary/aromatic N) is 1. The first-order chi connectivity index (χ1) is 9.25. The van der Waals surface area contributed by atoms with Gasteiger partial charge >= 0.3 is 5.97 Å². The van der Waals surface area contributed by atoms with Gasteiger partial charge in [-0.15, -0.1) is 11.3 Å². The molecular weight excluding hydrogens is 264 g/mol. The molecule has 0 amide bonds. The van der Waals surface area contributed by atoms with E-state index in [1.165, 1.54) is 0 Å². The quantitative estimate of drug-likeness (QED) is 0.726. The molecule has 5 nitrogen and oxygen atoms in total. The summed E-state index contributed by atoms with van der Waals surface area (Å²) < 4.78 is 5.29. The van der Waals surface area contributed by atoms with Crippen molar-refractivity contribution >= 4 is 17.3 Å². The minimum Gasteiger partial charge on any atom is -0.481 e. The number of rotatable bonds is 8. The van der Waals surface area contributed by atoms with Crippen LogP contribution in [0.15, 0.2) is 28.2 Å². The molecule has 0 aliphatic rings. The zero-order valence-corrected chi connectivity index (χ0v) is 11.3. The fourth-order valence-electron chi connectivity index (χ4n) is 1.65. The third kappa shape index (κ3) is 4.50. The van der Waals surface area contributed by atoms with Gasteiger partial charge in [0.2, 0.25) is 0 Å². The summed E-state index contributed by atoms with van der Waals surface area (Å²) in [5.41, 5.74) is 0.871. The highest BCUT2D eigenvalue weighted by Crippen LogP contribution is 2.22. The second kappa shape index (κ2) is 7.06. The number of hydrogen-bond donors (Lipinski definition) is 2. The topological polar surface area (TPSA) is 75.4 Å². The van der Waals surface area contributed by atoms with Crippen LogP contribution in [0.3, 0.4) is 0 Å². The van der Waals surface area contributed by atoms with Crippen molar-refractivity contribution in [3.8, 4) is 11.5 Å². The zero-order chi connectivity index (χ0) is 13.5.